The van der Waals surface area contributed by atoms with Gasteiger partial charge >= 0.3 is 0 Å². The van der Waals surface area contributed by atoms with Crippen LogP contribution in [0.4, 0.5) is 0 Å². The molecule has 2 fully saturated rings. The lowest BCUT2D eigenvalue weighted by Gasteiger charge is -2.45. The highest BCUT2D eigenvalue weighted by atomic mass is 35.5. The largest absolute Gasteiger partial charge is 0.394 e. The van der Waals surface area contributed by atoms with Crippen LogP contribution in [0.15, 0.2) is 48.5 Å². The van der Waals surface area contributed by atoms with Crippen LogP contribution in [0.3, 0.4) is 0 Å². The van der Waals surface area contributed by atoms with Gasteiger partial charge in [-0.1, -0.05) is 47.5 Å². The number of aliphatic hydroxyl groups excluding tert-OH is 1. The lowest BCUT2D eigenvalue weighted by molar-refractivity contribution is -0.142. The Bertz CT molecular complexity index is 819. The molecule has 0 bridgehead atoms. The van der Waals surface area contributed by atoms with E-state index in [-0.39, 0.29) is 30.5 Å². The summed E-state index contributed by atoms with van der Waals surface area (Å²) >= 11 is 12.4. The van der Waals surface area contributed by atoms with Crippen LogP contribution in [0.5, 0.6) is 0 Å². The average Bonchev–Trinajstić information content (AvgIpc) is 3.49. The van der Waals surface area contributed by atoms with Crippen LogP contribution in [-0.2, 0) is 4.79 Å². The molecular formula is C22H23Cl2NO2. The van der Waals surface area contributed by atoms with Crippen molar-refractivity contribution < 1.29 is 9.90 Å². The minimum absolute atomic E-state index is 0.00274. The van der Waals surface area contributed by atoms with E-state index in [0.717, 1.165) is 30.4 Å². The number of rotatable bonds is 5. The molecule has 1 saturated heterocycles. The molecule has 1 amide bonds. The summed E-state index contributed by atoms with van der Waals surface area (Å²) in [4.78, 5) is 14.9. The number of amides is 1. The highest BCUT2D eigenvalue weighted by molar-refractivity contribution is 6.30. The maximum Gasteiger partial charge on any atom is 0.223 e. The summed E-state index contributed by atoms with van der Waals surface area (Å²) in [5.74, 6) is 0.654. The Labute approximate surface area is 169 Å². The van der Waals surface area contributed by atoms with Gasteiger partial charge < -0.3 is 10.0 Å². The Morgan fingerprint density at radius 1 is 1.00 bits per heavy atom. The first-order valence-corrected chi connectivity index (χ1v) is 10.3. The van der Waals surface area contributed by atoms with E-state index in [2.05, 4.69) is 6.07 Å². The first kappa shape index (κ1) is 18.8. The van der Waals surface area contributed by atoms with Crippen LogP contribution in [-0.4, -0.2) is 28.6 Å². The Hall–Kier alpha value is -1.55. The highest BCUT2D eigenvalue weighted by Crippen LogP contribution is 2.48. The Balaban J connectivity index is 1.79. The smallest absolute Gasteiger partial charge is 0.223 e. The second kappa shape index (κ2) is 7.83. The summed E-state index contributed by atoms with van der Waals surface area (Å²) in [6, 6.07) is 15.4. The van der Waals surface area contributed by atoms with E-state index in [4.69, 9.17) is 23.2 Å². The predicted molar refractivity (Wildman–Crippen MR) is 108 cm³/mol. The molecule has 1 aliphatic heterocycles. The van der Waals surface area contributed by atoms with Crippen molar-refractivity contribution in [1.29, 1.82) is 0 Å². The van der Waals surface area contributed by atoms with Crippen molar-refractivity contribution >= 4 is 29.1 Å². The average molecular weight is 404 g/mol. The molecule has 2 aliphatic rings. The molecule has 3 nitrogen and oxygen atoms in total. The normalized spacial score (nSPS) is 24.1. The first-order chi connectivity index (χ1) is 13.1. The van der Waals surface area contributed by atoms with Crippen molar-refractivity contribution in [2.24, 2.45) is 5.92 Å². The molecule has 1 aliphatic carbocycles. The van der Waals surface area contributed by atoms with Gasteiger partial charge in [0.2, 0.25) is 5.91 Å². The fraction of sp³-hybridized carbons (Fsp3) is 0.409. The van der Waals surface area contributed by atoms with E-state index < -0.39 is 0 Å². The number of carbonyl (C=O) groups is 1. The molecule has 4 rings (SSSR count). The number of nitrogens with zero attached hydrogens (tertiary/aromatic N) is 1. The zero-order valence-electron chi connectivity index (χ0n) is 15.0. The van der Waals surface area contributed by atoms with E-state index in [0.29, 0.717) is 22.4 Å². The van der Waals surface area contributed by atoms with Crippen molar-refractivity contribution in [3.05, 3.63) is 69.7 Å². The third kappa shape index (κ3) is 3.87. The minimum atomic E-state index is -0.125. The molecule has 1 N–H and O–H groups in total. The van der Waals surface area contributed by atoms with Gasteiger partial charge in [0.1, 0.15) is 0 Å². The summed E-state index contributed by atoms with van der Waals surface area (Å²) in [5, 5.41) is 11.5. The van der Waals surface area contributed by atoms with Crippen LogP contribution in [0.25, 0.3) is 0 Å². The van der Waals surface area contributed by atoms with Gasteiger partial charge in [0.15, 0.2) is 0 Å². The maximum atomic E-state index is 13.0. The highest BCUT2D eigenvalue weighted by Gasteiger charge is 2.45. The third-order valence-corrected chi connectivity index (χ3v) is 6.32. The second-order valence-electron chi connectivity index (χ2n) is 7.58. The van der Waals surface area contributed by atoms with Crippen LogP contribution in [0.2, 0.25) is 10.0 Å². The number of hydrogen-bond donors (Lipinski definition) is 1. The molecule has 1 heterocycles. The molecule has 5 heteroatoms. The van der Waals surface area contributed by atoms with Gasteiger partial charge in [-0.2, -0.15) is 0 Å². The first-order valence-electron chi connectivity index (χ1n) is 9.51. The van der Waals surface area contributed by atoms with Crippen LogP contribution in [0, 0.1) is 5.92 Å². The van der Waals surface area contributed by atoms with Gasteiger partial charge in [-0.15, -0.1) is 0 Å². The van der Waals surface area contributed by atoms with E-state index in [1.165, 1.54) is 0 Å². The lowest BCUT2D eigenvalue weighted by Crippen LogP contribution is -2.50. The number of carbonyl (C=O) groups excluding carboxylic acids is 1. The molecule has 1 saturated carbocycles. The molecule has 0 aromatic heterocycles. The number of aliphatic hydroxyl groups is 1. The van der Waals surface area contributed by atoms with Gasteiger partial charge in [0, 0.05) is 22.4 Å². The van der Waals surface area contributed by atoms with Crippen LogP contribution < -0.4 is 0 Å². The lowest BCUT2D eigenvalue weighted by atomic mass is 9.79. The van der Waals surface area contributed by atoms with Crippen molar-refractivity contribution in [2.45, 2.75) is 43.7 Å². The Morgan fingerprint density at radius 2 is 1.74 bits per heavy atom. The number of benzene rings is 2. The monoisotopic (exact) mass is 403 g/mol. The summed E-state index contributed by atoms with van der Waals surface area (Å²) < 4.78 is 0. The SMILES string of the molecule is O=C1CCC(c2cccc(Cl)c2)C(c2ccc(Cl)cc2)N1C(CO)C1CC1. The molecule has 0 radical (unpaired) electrons. The zero-order chi connectivity index (χ0) is 19.0. The van der Waals surface area contributed by atoms with Gasteiger partial charge in [-0.3, -0.25) is 4.79 Å². The van der Waals surface area contributed by atoms with Crippen molar-refractivity contribution in [3.63, 3.8) is 0 Å². The van der Waals surface area contributed by atoms with E-state index in [9.17, 15) is 9.90 Å². The fourth-order valence-electron chi connectivity index (χ4n) is 4.39. The van der Waals surface area contributed by atoms with Crippen molar-refractivity contribution in [2.75, 3.05) is 6.61 Å². The third-order valence-electron chi connectivity index (χ3n) is 5.84. The predicted octanol–water partition coefficient (Wildman–Crippen LogP) is 5.21. The summed E-state index contributed by atoms with van der Waals surface area (Å²) in [7, 11) is 0. The van der Waals surface area contributed by atoms with E-state index in [1.807, 2.05) is 47.4 Å². The number of halogens is 2. The quantitative estimate of drug-likeness (QED) is 0.743. The summed E-state index contributed by atoms with van der Waals surface area (Å²) in [6.45, 7) is 0.00274. The second-order valence-corrected chi connectivity index (χ2v) is 8.46. The number of likely N-dealkylation sites (tertiary alicyclic amines) is 1. The van der Waals surface area contributed by atoms with Gasteiger partial charge in [-0.25, -0.2) is 0 Å². The summed E-state index contributed by atoms with van der Waals surface area (Å²) in [5.41, 5.74) is 2.18. The summed E-state index contributed by atoms with van der Waals surface area (Å²) in [6.07, 6.45) is 3.41. The van der Waals surface area contributed by atoms with Crippen LogP contribution in [0.1, 0.15) is 48.8 Å². The minimum Gasteiger partial charge on any atom is -0.394 e. The van der Waals surface area contributed by atoms with Crippen LogP contribution >= 0.6 is 23.2 Å². The topological polar surface area (TPSA) is 40.5 Å². The molecule has 2 aromatic rings. The van der Waals surface area contributed by atoms with Crippen molar-refractivity contribution in [1.82, 2.24) is 4.90 Å². The Kier molecular flexibility index (Phi) is 5.45. The fourth-order valence-corrected chi connectivity index (χ4v) is 4.72. The maximum absolute atomic E-state index is 13.0. The van der Waals surface area contributed by atoms with Crippen molar-refractivity contribution in [3.8, 4) is 0 Å². The zero-order valence-corrected chi connectivity index (χ0v) is 16.5. The van der Waals surface area contributed by atoms with Gasteiger partial charge in [0.05, 0.1) is 18.7 Å². The van der Waals surface area contributed by atoms with E-state index in [1.54, 1.807) is 0 Å². The standard InChI is InChI=1S/C22H23Cl2NO2/c23-17-8-6-15(7-9-17)22-19(16-2-1-3-18(24)12-16)10-11-21(27)25(22)20(13-26)14-4-5-14/h1-3,6-9,12,14,19-20,22,26H,4-5,10-11,13H2. The van der Waals surface area contributed by atoms with Gasteiger partial charge in [-0.05, 0) is 60.6 Å². The molecule has 27 heavy (non-hydrogen) atoms. The molecule has 0 spiro atoms. The molecule has 3 atom stereocenters. The molecule has 2 aromatic carbocycles. The van der Waals surface area contributed by atoms with E-state index >= 15 is 0 Å². The molecular weight excluding hydrogens is 381 g/mol. The molecule has 3 unspecified atom stereocenters. The number of piperidine rings is 1. The Morgan fingerprint density at radius 3 is 2.37 bits per heavy atom. The van der Waals surface area contributed by atoms with Gasteiger partial charge in [0.25, 0.3) is 0 Å². The molecule has 142 valence electrons. The number of hydrogen-bond acceptors (Lipinski definition) is 2.